The largest absolute Gasteiger partial charge is 0.444 e. The maximum Gasteiger partial charge on any atom is 0.407 e. The van der Waals surface area contributed by atoms with E-state index < -0.39 is 5.60 Å². The molecule has 0 unspecified atom stereocenters. The third-order valence-electron chi connectivity index (χ3n) is 1.03. The van der Waals surface area contributed by atoms with Crippen molar-refractivity contribution in [3.8, 4) is 0 Å². The van der Waals surface area contributed by atoms with E-state index in [9.17, 15) is 4.79 Å². The number of carbonyl (C=O) groups is 1. The summed E-state index contributed by atoms with van der Waals surface area (Å²) >= 11 is 6.66. The van der Waals surface area contributed by atoms with Crippen LogP contribution in [0.25, 0.3) is 0 Å². The van der Waals surface area contributed by atoms with Crippen LogP contribution in [-0.2, 0) is 4.74 Å². The number of amides is 1. The summed E-state index contributed by atoms with van der Waals surface area (Å²) in [5, 5.41) is 3.45. The highest BCUT2D eigenvalue weighted by atomic mass is 79.9. The summed E-state index contributed by atoms with van der Waals surface area (Å²) in [6.07, 6.45) is -0.377. The molecule has 0 aliphatic carbocycles. The quantitative estimate of drug-likeness (QED) is 0.813. The zero-order valence-electron chi connectivity index (χ0n) is 8.06. The normalized spacial score (nSPS) is 13.6. The van der Waals surface area contributed by atoms with Gasteiger partial charge in [0.25, 0.3) is 0 Å². The molecule has 0 spiro atoms. The Balaban J connectivity index is 3.64. The summed E-state index contributed by atoms with van der Waals surface area (Å²) in [7, 11) is 0. The molecule has 5 heteroatoms. The third-order valence-corrected chi connectivity index (χ3v) is 3.33. The van der Waals surface area contributed by atoms with Gasteiger partial charge in [-0.15, -0.1) is 0 Å². The average Bonchev–Trinajstić information content (AvgIpc) is 1.97. The Morgan fingerprint density at radius 1 is 1.54 bits per heavy atom. The number of carbonyl (C=O) groups excluding carboxylic acids is 1. The maximum atomic E-state index is 11.1. The van der Waals surface area contributed by atoms with Gasteiger partial charge >= 0.3 is 6.09 Å². The molecule has 0 radical (unpaired) electrons. The first-order chi connectivity index (χ1) is 5.85. The van der Waals surface area contributed by atoms with Gasteiger partial charge < -0.3 is 10.1 Å². The molecule has 1 N–H and O–H groups in total. The summed E-state index contributed by atoms with van der Waals surface area (Å²) in [6.45, 7) is 6.06. The van der Waals surface area contributed by atoms with E-state index in [4.69, 9.17) is 4.74 Å². The van der Waals surface area contributed by atoms with Gasteiger partial charge in [-0.3, -0.25) is 0 Å². The van der Waals surface area contributed by atoms with Gasteiger partial charge in [0, 0.05) is 16.7 Å². The van der Waals surface area contributed by atoms with Gasteiger partial charge in [-0.25, -0.2) is 4.79 Å². The summed E-state index contributed by atoms with van der Waals surface area (Å²) < 4.78 is 5.05. The lowest BCUT2D eigenvalue weighted by atomic mass is 10.2. The Morgan fingerprint density at radius 3 is 2.46 bits per heavy atom. The van der Waals surface area contributed by atoms with Crippen molar-refractivity contribution >= 4 is 38.0 Å². The minimum Gasteiger partial charge on any atom is -0.444 e. The second kappa shape index (κ2) is 5.86. The van der Waals surface area contributed by atoms with E-state index in [1.165, 1.54) is 0 Å². The molecule has 1 amide bonds. The Morgan fingerprint density at radius 2 is 2.08 bits per heavy atom. The van der Waals surface area contributed by atoms with Gasteiger partial charge in [-0.05, 0) is 20.8 Å². The molecule has 0 aromatic heterocycles. The summed E-state index contributed by atoms with van der Waals surface area (Å²) in [5.74, 6) is 0. The van der Waals surface area contributed by atoms with Crippen molar-refractivity contribution in [3.05, 3.63) is 0 Å². The van der Waals surface area contributed by atoms with E-state index >= 15 is 0 Å². The lowest BCUT2D eigenvalue weighted by Gasteiger charge is -2.20. The highest BCUT2D eigenvalue weighted by Gasteiger charge is 2.16. The van der Waals surface area contributed by atoms with Crippen LogP contribution in [-0.4, -0.2) is 28.4 Å². The minimum absolute atomic E-state index is 0.236. The van der Waals surface area contributed by atoms with Crippen LogP contribution in [0, 0.1) is 0 Å². The fourth-order valence-electron chi connectivity index (χ4n) is 0.563. The monoisotopic (exact) mass is 315 g/mol. The van der Waals surface area contributed by atoms with Crippen LogP contribution >= 0.6 is 31.9 Å². The maximum absolute atomic E-state index is 11.1. The van der Waals surface area contributed by atoms with Crippen molar-refractivity contribution in [3.63, 3.8) is 0 Å². The van der Waals surface area contributed by atoms with Crippen LogP contribution in [0.1, 0.15) is 20.8 Å². The van der Waals surface area contributed by atoms with Gasteiger partial charge in [0.2, 0.25) is 0 Å². The Bertz CT molecular complexity index is 168. The van der Waals surface area contributed by atoms with Gasteiger partial charge in [0.15, 0.2) is 0 Å². The first kappa shape index (κ1) is 13.2. The predicted molar refractivity (Wildman–Crippen MR) is 60.7 cm³/mol. The SMILES string of the molecule is CC(C)(C)OC(=O)NC[C@@H](Br)CBr. The smallest absolute Gasteiger partial charge is 0.407 e. The molecule has 0 aromatic rings. The molecule has 0 rings (SSSR count). The summed E-state index contributed by atoms with van der Waals surface area (Å²) in [6, 6.07) is 0. The standard InChI is InChI=1S/C8H15Br2NO2/c1-8(2,3)13-7(12)11-5-6(10)4-9/h6H,4-5H2,1-3H3,(H,11,12)/t6-/m0/s1. The molecular weight excluding hydrogens is 302 g/mol. The lowest BCUT2D eigenvalue weighted by molar-refractivity contribution is 0.0529. The van der Waals surface area contributed by atoms with Gasteiger partial charge in [-0.2, -0.15) is 0 Å². The zero-order chi connectivity index (χ0) is 10.5. The van der Waals surface area contributed by atoms with E-state index in [1.807, 2.05) is 20.8 Å². The molecule has 3 nitrogen and oxygen atoms in total. The van der Waals surface area contributed by atoms with Gasteiger partial charge in [-0.1, -0.05) is 31.9 Å². The molecule has 0 saturated heterocycles. The van der Waals surface area contributed by atoms with Gasteiger partial charge in [0.05, 0.1) is 0 Å². The van der Waals surface area contributed by atoms with Crippen molar-refractivity contribution in [2.75, 3.05) is 11.9 Å². The van der Waals surface area contributed by atoms with Crippen LogP contribution in [0.3, 0.4) is 0 Å². The summed E-state index contributed by atoms with van der Waals surface area (Å²) in [4.78, 5) is 11.3. The number of hydrogen-bond acceptors (Lipinski definition) is 2. The number of alkyl halides is 2. The predicted octanol–water partition coefficient (Wildman–Crippen LogP) is 2.67. The number of alkyl carbamates (subject to hydrolysis) is 1. The van der Waals surface area contributed by atoms with E-state index in [1.54, 1.807) is 0 Å². The van der Waals surface area contributed by atoms with E-state index in [2.05, 4.69) is 37.2 Å². The van der Waals surface area contributed by atoms with Crippen molar-refractivity contribution < 1.29 is 9.53 Å². The average molecular weight is 317 g/mol. The molecule has 0 heterocycles. The highest BCUT2D eigenvalue weighted by molar-refractivity contribution is 9.12. The Hall–Kier alpha value is 0.230. The van der Waals surface area contributed by atoms with Crippen LogP contribution < -0.4 is 5.32 Å². The molecule has 0 aromatic carbocycles. The molecule has 78 valence electrons. The second-order valence-electron chi connectivity index (χ2n) is 3.63. The summed E-state index contributed by atoms with van der Waals surface area (Å²) in [5.41, 5.74) is -0.430. The molecular formula is C8H15Br2NO2. The van der Waals surface area contributed by atoms with Crippen molar-refractivity contribution in [2.45, 2.75) is 31.2 Å². The number of ether oxygens (including phenoxy) is 1. The zero-order valence-corrected chi connectivity index (χ0v) is 11.2. The Labute approximate surface area is 95.9 Å². The lowest BCUT2D eigenvalue weighted by Crippen LogP contribution is -2.35. The number of rotatable bonds is 3. The molecule has 1 atom stereocenters. The van der Waals surface area contributed by atoms with Crippen LogP contribution in [0.5, 0.6) is 0 Å². The molecule has 0 fully saturated rings. The number of nitrogens with one attached hydrogen (secondary N) is 1. The third kappa shape index (κ3) is 8.56. The highest BCUT2D eigenvalue weighted by Crippen LogP contribution is 2.07. The van der Waals surface area contributed by atoms with Crippen molar-refractivity contribution in [2.24, 2.45) is 0 Å². The molecule has 0 saturated carbocycles. The van der Waals surface area contributed by atoms with E-state index in [0.29, 0.717) is 6.54 Å². The molecule has 0 aliphatic heterocycles. The van der Waals surface area contributed by atoms with Crippen molar-refractivity contribution in [1.82, 2.24) is 5.32 Å². The number of halogens is 2. The molecule has 0 aliphatic rings. The first-order valence-electron chi connectivity index (χ1n) is 4.02. The van der Waals surface area contributed by atoms with Crippen LogP contribution in [0.15, 0.2) is 0 Å². The minimum atomic E-state index is -0.430. The fraction of sp³-hybridized carbons (Fsp3) is 0.875. The number of hydrogen-bond donors (Lipinski definition) is 1. The molecule has 0 bridgehead atoms. The van der Waals surface area contributed by atoms with Gasteiger partial charge in [0.1, 0.15) is 5.60 Å². The van der Waals surface area contributed by atoms with E-state index in [0.717, 1.165) is 5.33 Å². The fourth-order valence-corrected chi connectivity index (χ4v) is 0.954. The van der Waals surface area contributed by atoms with Crippen molar-refractivity contribution in [1.29, 1.82) is 0 Å². The first-order valence-corrected chi connectivity index (χ1v) is 6.06. The topological polar surface area (TPSA) is 38.3 Å². The van der Waals surface area contributed by atoms with Crippen LogP contribution in [0.2, 0.25) is 0 Å². The second-order valence-corrected chi connectivity index (χ2v) is 5.58. The van der Waals surface area contributed by atoms with E-state index in [-0.39, 0.29) is 10.9 Å². The van der Waals surface area contributed by atoms with Crippen LogP contribution in [0.4, 0.5) is 4.79 Å². The Kier molecular flexibility index (Phi) is 5.96. The molecule has 13 heavy (non-hydrogen) atoms.